The lowest BCUT2D eigenvalue weighted by Crippen LogP contribution is -2.15. The van der Waals surface area contributed by atoms with Crippen LogP contribution in [0.1, 0.15) is 33.3 Å². The van der Waals surface area contributed by atoms with Gasteiger partial charge in [-0.1, -0.05) is 30.3 Å². The minimum Gasteiger partial charge on any atom is -0.339 e. The van der Waals surface area contributed by atoms with Gasteiger partial charge in [0.15, 0.2) is 17.3 Å². The van der Waals surface area contributed by atoms with E-state index in [-0.39, 0.29) is 17.4 Å². The van der Waals surface area contributed by atoms with Gasteiger partial charge in [-0.05, 0) is 49.7 Å². The molecule has 6 heteroatoms. The number of anilines is 3. The van der Waals surface area contributed by atoms with Crippen LogP contribution in [0.5, 0.6) is 0 Å². The maximum absolute atomic E-state index is 12.3. The summed E-state index contributed by atoms with van der Waals surface area (Å²) in [4.78, 5) is 23.7. The van der Waals surface area contributed by atoms with Gasteiger partial charge in [0.2, 0.25) is 0 Å². The van der Waals surface area contributed by atoms with Gasteiger partial charge in [0.05, 0.1) is 0 Å². The number of ketones is 1. The first-order valence-corrected chi connectivity index (χ1v) is 8.11. The van der Waals surface area contributed by atoms with Crippen LogP contribution >= 0.6 is 0 Å². The molecule has 0 spiro atoms. The quantitative estimate of drug-likeness (QED) is 0.683. The van der Waals surface area contributed by atoms with Gasteiger partial charge in [0.25, 0.3) is 5.91 Å². The Kier molecular flexibility index (Phi) is 5.03. The zero-order valence-electron chi connectivity index (χ0n) is 14.5. The summed E-state index contributed by atoms with van der Waals surface area (Å²) in [5, 5.41) is 13.9. The normalized spacial score (nSPS) is 10.2. The fraction of sp³-hybridized carbons (Fsp3) is 0.100. The van der Waals surface area contributed by atoms with Crippen molar-refractivity contribution in [1.82, 2.24) is 10.2 Å². The number of Topliss-reactive ketones (excluding diaryl/α,β-unsaturated/α-hetero) is 1. The Morgan fingerprint density at radius 3 is 2.42 bits per heavy atom. The zero-order valence-corrected chi connectivity index (χ0v) is 14.5. The Bertz CT molecular complexity index is 952. The summed E-state index contributed by atoms with van der Waals surface area (Å²) < 4.78 is 0. The van der Waals surface area contributed by atoms with Crippen molar-refractivity contribution in [2.24, 2.45) is 0 Å². The topological polar surface area (TPSA) is 84.0 Å². The van der Waals surface area contributed by atoms with Crippen LogP contribution in [-0.4, -0.2) is 21.9 Å². The fourth-order valence-corrected chi connectivity index (χ4v) is 2.38. The van der Waals surface area contributed by atoms with Crippen molar-refractivity contribution in [2.45, 2.75) is 13.8 Å². The number of carbonyl (C=O) groups is 2. The van der Waals surface area contributed by atoms with Gasteiger partial charge in [-0.25, -0.2) is 0 Å². The maximum Gasteiger partial charge on any atom is 0.276 e. The average molecular weight is 346 g/mol. The summed E-state index contributed by atoms with van der Waals surface area (Å²) in [5.74, 6) is 0.151. The Morgan fingerprint density at radius 1 is 0.923 bits per heavy atom. The standard InChI is InChI=1S/C20H18N4O2/c1-13-6-3-4-9-17(13)22-20(26)18-10-11-19(24-23-18)21-16-8-5-7-15(12-16)14(2)25/h3-12H,1-2H3,(H,21,24)(H,22,26). The second-order valence-corrected chi connectivity index (χ2v) is 5.83. The van der Waals surface area contributed by atoms with Gasteiger partial charge >= 0.3 is 0 Å². The van der Waals surface area contributed by atoms with Crippen LogP contribution in [0.2, 0.25) is 0 Å². The summed E-state index contributed by atoms with van der Waals surface area (Å²) in [6, 6.07) is 17.9. The van der Waals surface area contributed by atoms with E-state index in [1.807, 2.05) is 37.3 Å². The van der Waals surface area contributed by atoms with Crippen LogP contribution in [0.15, 0.2) is 60.7 Å². The minimum absolute atomic E-state index is 0.0111. The Hall–Kier alpha value is -3.54. The van der Waals surface area contributed by atoms with Crippen LogP contribution in [0, 0.1) is 6.92 Å². The second-order valence-electron chi connectivity index (χ2n) is 5.83. The third kappa shape index (κ3) is 4.10. The van der Waals surface area contributed by atoms with Gasteiger partial charge in [-0.2, -0.15) is 0 Å². The second kappa shape index (κ2) is 7.57. The van der Waals surface area contributed by atoms with E-state index in [2.05, 4.69) is 20.8 Å². The van der Waals surface area contributed by atoms with Crippen LogP contribution in [0.3, 0.4) is 0 Å². The molecular formula is C20H18N4O2. The highest BCUT2D eigenvalue weighted by Gasteiger charge is 2.10. The summed E-state index contributed by atoms with van der Waals surface area (Å²) in [7, 11) is 0. The van der Waals surface area contributed by atoms with Gasteiger partial charge < -0.3 is 10.6 Å². The van der Waals surface area contributed by atoms with E-state index >= 15 is 0 Å². The molecule has 1 amide bonds. The number of nitrogens with zero attached hydrogens (tertiary/aromatic N) is 2. The van der Waals surface area contributed by atoms with E-state index in [4.69, 9.17) is 0 Å². The summed E-state index contributed by atoms with van der Waals surface area (Å²) in [5.41, 5.74) is 3.26. The Labute approximate surface area is 151 Å². The van der Waals surface area contributed by atoms with E-state index in [9.17, 15) is 9.59 Å². The van der Waals surface area contributed by atoms with Crippen LogP contribution in [-0.2, 0) is 0 Å². The number of rotatable bonds is 5. The van der Waals surface area contributed by atoms with Gasteiger partial charge in [-0.15, -0.1) is 10.2 Å². The molecule has 0 saturated carbocycles. The smallest absolute Gasteiger partial charge is 0.276 e. The highest BCUT2D eigenvalue weighted by molar-refractivity contribution is 6.03. The molecule has 130 valence electrons. The molecule has 2 N–H and O–H groups in total. The molecule has 3 aromatic rings. The molecule has 26 heavy (non-hydrogen) atoms. The van der Waals surface area contributed by atoms with E-state index in [0.29, 0.717) is 11.4 Å². The molecule has 0 radical (unpaired) electrons. The summed E-state index contributed by atoms with van der Waals surface area (Å²) >= 11 is 0. The number of aromatic nitrogens is 2. The summed E-state index contributed by atoms with van der Waals surface area (Å²) in [6.07, 6.45) is 0. The molecule has 0 aliphatic heterocycles. The highest BCUT2D eigenvalue weighted by Crippen LogP contribution is 2.17. The molecule has 0 fully saturated rings. The molecule has 0 aliphatic carbocycles. The van der Waals surface area contributed by atoms with E-state index in [1.54, 1.807) is 30.3 Å². The predicted octanol–water partition coefficient (Wildman–Crippen LogP) is 3.98. The molecule has 0 saturated heterocycles. The lowest BCUT2D eigenvalue weighted by molar-refractivity contribution is 0.101. The Balaban J connectivity index is 1.70. The number of aryl methyl sites for hydroxylation is 1. The molecule has 1 heterocycles. The van der Waals surface area contributed by atoms with E-state index in [1.165, 1.54) is 6.92 Å². The maximum atomic E-state index is 12.3. The van der Waals surface area contributed by atoms with E-state index < -0.39 is 0 Å². The van der Waals surface area contributed by atoms with Crippen molar-refractivity contribution in [3.63, 3.8) is 0 Å². The number of benzene rings is 2. The van der Waals surface area contributed by atoms with E-state index in [0.717, 1.165) is 16.9 Å². The molecule has 0 atom stereocenters. The number of nitrogens with one attached hydrogen (secondary N) is 2. The molecule has 2 aromatic carbocycles. The molecule has 1 aromatic heterocycles. The van der Waals surface area contributed by atoms with Gasteiger partial charge in [0, 0.05) is 16.9 Å². The molecule has 3 rings (SSSR count). The zero-order chi connectivity index (χ0) is 18.5. The molecule has 0 unspecified atom stereocenters. The third-order valence-electron chi connectivity index (χ3n) is 3.83. The number of hydrogen-bond donors (Lipinski definition) is 2. The van der Waals surface area contributed by atoms with Crippen molar-refractivity contribution >= 4 is 28.9 Å². The first-order valence-electron chi connectivity index (χ1n) is 8.11. The van der Waals surface area contributed by atoms with Crippen molar-refractivity contribution in [3.05, 3.63) is 77.5 Å². The number of hydrogen-bond acceptors (Lipinski definition) is 5. The van der Waals surface area contributed by atoms with Crippen LogP contribution < -0.4 is 10.6 Å². The van der Waals surface area contributed by atoms with Gasteiger partial charge in [0.1, 0.15) is 0 Å². The lowest BCUT2D eigenvalue weighted by atomic mass is 10.1. The number of amides is 1. The summed E-state index contributed by atoms with van der Waals surface area (Å²) in [6.45, 7) is 3.43. The number of para-hydroxylation sites is 1. The molecule has 0 aliphatic rings. The highest BCUT2D eigenvalue weighted by atomic mass is 16.2. The first-order chi connectivity index (χ1) is 12.5. The predicted molar refractivity (Wildman–Crippen MR) is 101 cm³/mol. The van der Waals surface area contributed by atoms with Crippen molar-refractivity contribution in [3.8, 4) is 0 Å². The third-order valence-corrected chi connectivity index (χ3v) is 3.83. The van der Waals surface area contributed by atoms with Crippen molar-refractivity contribution in [1.29, 1.82) is 0 Å². The average Bonchev–Trinajstić information content (AvgIpc) is 2.64. The minimum atomic E-state index is -0.322. The SMILES string of the molecule is CC(=O)c1cccc(Nc2ccc(C(=O)Nc3ccccc3C)nn2)c1. The van der Waals surface area contributed by atoms with Crippen LogP contribution in [0.4, 0.5) is 17.2 Å². The molecular weight excluding hydrogens is 328 g/mol. The molecule has 0 bridgehead atoms. The number of carbonyl (C=O) groups excluding carboxylic acids is 2. The fourth-order valence-electron chi connectivity index (χ4n) is 2.38. The van der Waals surface area contributed by atoms with Crippen molar-refractivity contribution < 1.29 is 9.59 Å². The van der Waals surface area contributed by atoms with Crippen molar-refractivity contribution in [2.75, 3.05) is 10.6 Å². The lowest BCUT2D eigenvalue weighted by Gasteiger charge is -2.08. The van der Waals surface area contributed by atoms with Crippen LogP contribution in [0.25, 0.3) is 0 Å². The largest absolute Gasteiger partial charge is 0.339 e. The van der Waals surface area contributed by atoms with Gasteiger partial charge in [-0.3, -0.25) is 9.59 Å². The Morgan fingerprint density at radius 2 is 1.73 bits per heavy atom. The first kappa shape index (κ1) is 17.3. The molecule has 6 nitrogen and oxygen atoms in total. The monoisotopic (exact) mass is 346 g/mol.